The van der Waals surface area contributed by atoms with Crippen LogP contribution in [0.3, 0.4) is 0 Å². The zero-order valence-electron chi connectivity index (χ0n) is 12.8. The minimum Gasteiger partial charge on any atom is -0.397 e. The van der Waals surface area contributed by atoms with E-state index in [1.165, 1.54) is 23.1 Å². The second-order valence-electron chi connectivity index (χ2n) is 5.75. The molecule has 0 unspecified atom stereocenters. The van der Waals surface area contributed by atoms with E-state index in [0.29, 0.717) is 11.4 Å². The molecule has 4 aromatic rings. The Bertz CT molecular complexity index is 1080. The normalized spacial score (nSPS) is 11.2. The molecule has 3 heteroatoms. The van der Waals surface area contributed by atoms with E-state index in [2.05, 4.69) is 41.7 Å². The minimum atomic E-state index is -0.122. The summed E-state index contributed by atoms with van der Waals surface area (Å²) in [4.78, 5) is 11.5. The molecular formula is C20H16N2O. The number of hydrogen-bond acceptors (Lipinski definition) is 2. The zero-order chi connectivity index (χ0) is 16.0. The molecule has 0 aliphatic heterocycles. The summed E-state index contributed by atoms with van der Waals surface area (Å²) in [7, 11) is 0. The Hall–Kier alpha value is -3.07. The van der Waals surface area contributed by atoms with Crippen molar-refractivity contribution in [2.24, 2.45) is 0 Å². The molecule has 4 rings (SSSR count). The summed E-state index contributed by atoms with van der Waals surface area (Å²) in [5.74, 6) is -0.122. The second kappa shape index (κ2) is 4.99. The summed E-state index contributed by atoms with van der Waals surface area (Å²) in [6.07, 6.45) is 0. The van der Waals surface area contributed by atoms with Crippen LogP contribution in [0.5, 0.6) is 0 Å². The maximum atomic E-state index is 11.5. The number of carbonyl (C=O) groups excluding carboxylic acids is 1. The van der Waals surface area contributed by atoms with Gasteiger partial charge in [0.1, 0.15) is 0 Å². The fourth-order valence-corrected chi connectivity index (χ4v) is 3.24. The van der Waals surface area contributed by atoms with Crippen molar-refractivity contribution in [2.75, 3.05) is 11.1 Å². The van der Waals surface area contributed by atoms with E-state index < -0.39 is 0 Å². The monoisotopic (exact) mass is 300 g/mol. The van der Waals surface area contributed by atoms with Gasteiger partial charge in [-0.15, -0.1) is 0 Å². The molecule has 1 amide bonds. The summed E-state index contributed by atoms with van der Waals surface area (Å²) >= 11 is 0. The first-order valence-corrected chi connectivity index (χ1v) is 7.55. The molecule has 0 spiro atoms. The number of nitrogens with two attached hydrogens (primary N) is 1. The van der Waals surface area contributed by atoms with Gasteiger partial charge in [0.05, 0.1) is 11.4 Å². The molecule has 23 heavy (non-hydrogen) atoms. The molecule has 0 aliphatic rings. The van der Waals surface area contributed by atoms with Gasteiger partial charge in [0, 0.05) is 12.3 Å². The number of hydrogen-bond donors (Lipinski definition) is 2. The van der Waals surface area contributed by atoms with Crippen molar-refractivity contribution >= 4 is 49.6 Å². The minimum absolute atomic E-state index is 0.122. The summed E-state index contributed by atoms with van der Waals surface area (Å²) in [5.41, 5.74) is 7.32. The predicted molar refractivity (Wildman–Crippen MR) is 97.7 cm³/mol. The van der Waals surface area contributed by atoms with Gasteiger partial charge in [-0.05, 0) is 33.0 Å². The Morgan fingerprint density at radius 3 is 2.22 bits per heavy atom. The van der Waals surface area contributed by atoms with E-state index in [-0.39, 0.29) is 5.91 Å². The van der Waals surface area contributed by atoms with Crippen LogP contribution in [0.25, 0.3) is 32.3 Å². The van der Waals surface area contributed by atoms with Gasteiger partial charge in [-0.2, -0.15) is 0 Å². The Kier molecular flexibility index (Phi) is 2.95. The van der Waals surface area contributed by atoms with E-state index >= 15 is 0 Å². The molecule has 3 nitrogen and oxygen atoms in total. The standard InChI is InChI=1S/C20H16N2O/c1-12(23)22-20-18-9-8-15-14-5-3-2-4-13(14)6-7-16(15)17(18)10-11-19(20)21/h2-11H,21H2,1H3,(H,22,23). The van der Waals surface area contributed by atoms with Crippen LogP contribution in [-0.2, 0) is 4.79 Å². The van der Waals surface area contributed by atoms with Crippen LogP contribution in [0.15, 0.2) is 60.7 Å². The first-order chi connectivity index (χ1) is 11.1. The van der Waals surface area contributed by atoms with Gasteiger partial charge >= 0.3 is 0 Å². The van der Waals surface area contributed by atoms with Crippen molar-refractivity contribution in [2.45, 2.75) is 6.92 Å². The molecule has 0 radical (unpaired) electrons. The van der Waals surface area contributed by atoms with Crippen molar-refractivity contribution < 1.29 is 4.79 Å². The number of anilines is 2. The second-order valence-corrected chi connectivity index (χ2v) is 5.75. The lowest BCUT2D eigenvalue weighted by Crippen LogP contribution is -2.08. The maximum Gasteiger partial charge on any atom is 0.221 e. The summed E-state index contributed by atoms with van der Waals surface area (Å²) in [6, 6.07) is 20.6. The van der Waals surface area contributed by atoms with E-state index in [1.807, 2.05) is 24.3 Å². The largest absolute Gasteiger partial charge is 0.397 e. The topological polar surface area (TPSA) is 55.1 Å². The number of fused-ring (bicyclic) bond motifs is 5. The van der Waals surface area contributed by atoms with Crippen LogP contribution < -0.4 is 11.1 Å². The number of rotatable bonds is 1. The quantitative estimate of drug-likeness (QED) is 0.396. The smallest absolute Gasteiger partial charge is 0.221 e. The third-order valence-corrected chi connectivity index (χ3v) is 4.26. The molecule has 0 saturated heterocycles. The Balaban J connectivity index is 2.13. The molecule has 0 fully saturated rings. The van der Waals surface area contributed by atoms with Gasteiger partial charge in [-0.1, -0.05) is 54.6 Å². The molecule has 0 saturated carbocycles. The van der Waals surface area contributed by atoms with Crippen molar-refractivity contribution in [3.8, 4) is 0 Å². The SMILES string of the molecule is CC(=O)Nc1c(N)ccc2c1ccc1c3ccccc3ccc21. The van der Waals surface area contributed by atoms with Crippen LogP contribution in [0.2, 0.25) is 0 Å². The van der Waals surface area contributed by atoms with E-state index in [0.717, 1.165) is 16.2 Å². The number of benzene rings is 4. The molecule has 0 atom stereocenters. The van der Waals surface area contributed by atoms with Crippen LogP contribution in [0, 0.1) is 0 Å². The van der Waals surface area contributed by atoms with E-state index in [1.54, 1.807) is 0 Å². The van der Waals surface area contributed by atoms with E-state index in [9.17, 15) is 4.79 Å². The lowest BCUT2D eigenvalue weighted by molar-refractivity contribution is -0.114. The van der Waals surface area contributed by atoms with Crippen molar-refractivity contribution in [1.82, 2.24) is 0 Å². The highest BCUT2D eigenvalue weighted by atomic mass is 16.1. The highest BCUT2D eigenvalue weighted by Gasteiger charge is 2.10. The molecule has 4 aromatic carbocycles. The summed E-state index contributed by atoms with van der Waals surface area (Å²) in [5, 5.41) is 9.71. The third kappa shape index (κ3) is 2.09. The van der Waals surface area contributed by atoms with E-state index in [4.69, 9.17) is 5.73 Å². The fraction of sp³-hybridized carbons (Fsp3) is 0.0500. The average molecular weight is 300 g/mol. The summed E-state index contributed by atoms with van der Waals surface area (Å²) < 4.78 is 0. The fourth-order valence-electron chi connectivity index (χ4n) is 3.24. The van der Waals surface area contributed by atoms with Gasteiger partial charge < -0.3 is 11.1 Å². The molecule has 0 aliphatic carbocycles. The number of amides is 1. The van der Waals surface area contributed by atoms with Crippen molar-refractivity contribution in [3.05, 3.63) is 60.7 Å². The van der Waals surface area contributed by atoms with Gasteiger partial charge in [0.25, 0.3) is 0 Å². The van der Waals surface area contributed by atoms with Crippen LogP contribution >= 0.6 is 0 Å². The Morgan fingerprint density at radius 1 is 0.783 bits per heavy atom. The molecule has 0 aromatic heterocycles. The maximum absolute atomic E-state index is 11.5. The number of nitrogen functional groups attached to an aromatic ring is 1. The first-order valence-electron chi connectivity index (χ1n) is 7.55. The van der Waals surface area contributed by atoms with Crippen molar-refractivity contribution in [1.29, 1.82) is 0 Å². The Labute approximate surface area is 133 Å². The van der Waals surface area contributed by atoms with Gasteiger partial charge in [-0.3, -0.25) is 4.79 Å². The van der Waals surface area contributed by atoms with Crippen LogP contribution in [0.4, 0.5) is 11.4 Å². The average Bonchev–Trinajstić information content (AvgIpc) is 2.56. The molecule has 0 bridgehead atoms. The number of nitrogens with one attached hydrogen (secondary N) is 1. The lowest BCUT2D eigenvalue weighted by atomic mass is 9.96. The molecular weight excluding hydrogens is 284 g/mol. The Morgan fingerprint density at radius 2 is 1.39 bits per heavy atom. The zero-order valence-corrected chi connectivity index (χ0v) is 12.8. The van der Waals surface area contributed by atoms with Gasteiger partial charge in [0.15, 0.2) is 0 Å². The highest BCUT2D eigenvalue weighted by molar-refractivity contribution is 6.21. The number of carbonyl (C=O) groups is 1. The predicted octanol–water partition coefficient (Wildman–Crippen LogP) is 4.69. The molecule has 3 N–H and O–H groups in total. The first kappa shape index (κ1) is 13.6. The van der Waals surface area contributed by atoms with Crippen molar-refractivity contribution in [3.63, 3.8) is 0 Å². The third-order valence-electron chi connectivity index (χ3n) is 4.26. The molecule has 112 valence electrons. The van der Waals surface area contributed by atoms with Gasteiger partial charge in [0.2, 0.25) is 5.91 Å². The highest BCUT2D eigenvalue weighted by Crippen LogP contribution is 2.36. The lowest BCUT2D eigenvalue weighted by Gasteiger charge is -2.13. The van der Waals surface area contributed by atoms with Crippen LogP contribution in [-0.4, -0.2) is 5.91 Å². The van der Waals surface area contributed by atoms with Crippen LogP contribution in [0.1, 0.15) is 6.92 Å². The van der Waals surface area contributed by atoms with Gasteiger partial charge in [-0.25, -0.2) is 0 Å². The molecule has 0 heterocycles. The summed E-state index contributed by atoms with van der Waals surface area (Å²) in [6.45, 7) is 1.49.